The Morgan fingerprint density at radius 3 is 2.81 bits per heavy atom. The van der Waals surface area contributed by atoms with Crippen molar-refractivity contribution >= 4 is 40.8 Å². The summed E-state index contributed by atoms with van der Waals surface area (Å²) >= 11 is 7.74. The lowest BCUT2D eigenvalue weighted by molar-refractivity contribution is 0.0383. The van der Waals surface area contributed by atoms with Crippen molar-refractivity contribution in [2.75, 3.05) is 46.0 Å². The number of morpholine rings is 1. The average molecular weight is 612 g/mol. The number of aromatic nitrogens is 2. The van der Waals surface area contributed by atoms with Gasteiger partial charge in [0.15, 0.2) is 0 Å². The van der Waals surface area contributed by atoms with Crippen molar-refractivity contribution in [3.05, 3.63) is 70.0 Å². The molecule has 1 saturated carbocycles. The zero-order chi connectivity index (χ0) is 29.3. The van der Waals surface area contributed by atoms with Crippen LogP contribution in [0, 0.1) is 5.92 Å². The molecule has 0 radical (unpaired) electrons. The molecule has 222 valence electrons. The van der Waals surface area contributed by atoms with Crippen LogP contribution in [-0.4, -0.2) is 78.7 Å². The molecule has 0 spiro atoms. The van der Waals surface area contributed by atoms with Crippen LogP contribution < -0.4 is 20.1 Å². The van der Waals surface area contributed by atoms with E-state index in [0.29, 0.717) is 53.8 Å². The summed E-state index contributed by atoms with van der Waals surface area (Å²) in [7, 11) is 0. The molecule has 2 aromatic heterocycles. The summed E-state index contributed by atoms with van der Waals surface area (Å²) in [5.41, 5.74) is 0.559. The van der Waals surface area contributed by atoms with Crippen molar-refractivity contribution in [3.63, 3.8) is 0 Å². The van der Waals surface area contributed by atoms with Crippen LogP contribution >= 0.6 is 22.9 Å². The van der Waals surface area contributed by atoms with Gasteiger partial charge in [-0.25, -0.2) is 4.98 Å². The van der Waals surface area contributed by atoms with E-state index in [1.165, 1.54) is 36.4 Å². The molecule has 2 aliphatic rings. The predicted molar refractivity (Wildman–Crippen MR) is 162 cm³/mol. The molecule has 0 bridgehead atoms. The highest BCUT2D eigenvalue weighted by Crippen LogP contribution is 2.35. The number of nitrogens with one attached hydrogen (secondary N) is 2. The number of amides is 2. The number of thiazole rings is 1. The Morgan fingerprint density at radius 2 is 2.02 bits per heavy atom. The molecule has 3 aromatic rings. The van der Waals surface area contributed by atoms with E-state index < -0.39 is 0 Å². The van der Waals surface area contributed by atoms with Gasteiger partial charge in [0.05, 0.1) is 29.7 Å². The van der Waals surface area contributed by atoms with Crippen LogP contribution in [0.4, 0.5) is 0 Å². The van der Waals surface area contributed by atoms with Crippen molar-refractivity contribution in [2.45, 2.75) is 25.8 Å². The molecule has 42 heavy (non-hydrogen) atoms. The van der Waals surface area contributed by atoms with E-state index in [2.05, 4.69) is 25.5 Å². The molecule has 1 saturated heterocycles. The van der Waals surface area contributed by atoms with Gasteiger partial charge in [-0.05, 0) is 56.0 Å². The van der Waals surface area contributed by atoms with E-state index in [0.717, 1.165) is 30.3 Å². The Bertz CT molecular complexity index is 1410. The Balaban J connectivity index is 1.08. The first kappa shape index (κ1) is 30.0. The summed E-state index contributed by atoms with van der Waals surface area (Å²) in [4.78, 5) is 36.9. The number of halogens is 1. The maximum Gasteiger partial charge on any atom is 0.279 e. The number of carbonyl (C=O) groups is 2. The minimum absolute atomic E-state index is 0.200. The largest absolute Gasteiger partial charge is 0.493 e. The Labute approximate surface area is 254 Å². The van der Waals surface area contributed by atoms with Crippen molar-refractivity contribution < 1.29 is 23.8 Å². The molecule has 2 amide bonds. The van der Waals surface area contributed by atoms with Gasteiger partial charge in [-0.2, -0.15) is 0 Å². The van der Waals surface area contributed by atoms with Gasteiger partial charge in [0.1, 0.15) is 17.2 Å². The van der Waals surface area contributed by atoms with Gasteiger partial charge >= 0.3 is 0 Å². The van der Waals surface area contributed by atoms with Crippen molar-refractivity contribution in [1.82, 2.24) is 25.5 Å². The average Bonchev–Trinajstić information content (AvgIpc) is 3.73. The fraction of sp³-hybridized carbons (Fsp3) is 0.400. The molecule has 1 aromatic carbocycles. The fourth-order valence-corrected chi connectivity index (χ4v) is 5.06. The van der Waals surface area contributed by atoms with Gasteiger partial charge in [-0.1, -0.05) is 29.0 Å². The van der Waals surface area contributed by atoms with Crippen molar-refractivity contribution in [3.8, 4) is 16.7 Å². The number of benzene rings is 1. The second-order valence-corrected chi connectivity index (χ2v) is 11.7. The summed E-state index contributed by atoms with van der Waals surface area (Å²) < 4.78 is 17.0. The highest BCUT2D eigenvalue weighted by Gasteiger charge is 2.22. The van der Waals surface area contributed by atoms with Crippen molar-refractivity contribution in [2.24, 2.45) is 5.92 Å². The maximum atomic E-state index is 12.8. The van der Waals surface area contributed by atoms with Gasteiger partial charge in [0, 0.05) is 56.2 Å². The molecule has 0 unspecified atom stereocenters. The number of pyridine rings is 1. The molecule has 1 aliphatic carbocycles. The van der Waals surface area contributed by atoms with E-state index >= 15 is 0 Å². The third kappa shape index (κ3) is 8.99. The van der Waals surface area contributed by atoms with Gasteiger partial charge < -0.3 is 24.8 Å². The lowest BCUT2D eigenvalue weighted by Crippen LogP contribution is -2.41. The summed E-state index contributed by atoms with van der Waals surface area (Å²) in [5, 5.41) is 6.70. The minimum atomic E-state index is -0.312. The van der Waals surface area contributed by atoms with Crippen LogP contribution in [0.1, 0.15) is 45.5 Å². The first-order valence-corrected chi connectivity index (χ1v) is 15.2. The topological polar surface area (TPSA) is 115 Å². The summed E-state index contributed by atoms with van der Waals surface area (Å²) in [6.07, 6.45) is 9.33. The van der Waals surface area contributed by atoms with Gasteiger partial charge in [0.2, 0.25) is 0 Å². The third-order valence-corrected chi connectivity index (χ3v) is 7.90. The number of carbonyl (C=O) groups excluding carboxylic acids is 2. The summed E-state index contributed by atoms with van der Waals surface area (Å²) in [5.74, 6) is 1.28. The molecular weight excluding hydrogens is 578 g/mol. The van der Waals surface area contributed by atoms with E-state index in [1.54, 1.807) is 24.4 Å². The van der Waals surface area contributed by atoms with Crippen LogP contribution in [0.15, 0.2) is 48.8 Å². The van der Waals surface area contributed by atoms with Crippen LogP contribution in [-0.2, 0) is 4.74 Å². The second kappa shape index (κ2) is 14.6. The molecule has 2 fully saturated rings. The zero-order valence-corrected chi connectivity index (χ0v) is 25.0. The monoisotopic (exact) mass is 611 g/mol. The van der Waals surface area contributed by atoms with Gasteiger partial charge in [-0.3, -0.25) is 19.5 Å². The number of nitrogens with zero attached hydrogens (tertiary/aromatic N) is 3. The third-order valence-electron chi connectivity index (χ3n) is 6.77. The maximum absolute atomic E-state index is 12.8. The lowest BCUT2D eigenvalue weighted by Gasteiger charge is -2.26. The van der Waals surface area contributed by atoms with E-state index in [-0.39, 0.29) is 23.6 Å². The first-order valence-electron chi connectivity index (χ1n) is 14.0. The second-order valence-electron chi connectivity index (χ2n) is 10.2. The molecular formula is C30H34ClN5O5S. The highest BCUT2D eigenvalue weighted by atomic mass is 35.5. The zero-order valence-electron chi connectivity index (χ0n) is 23.4. The molecule has 5 rings (SSSR count). The van der Waals surface area contributed by atoms with E-state index in [4.69, 9.17) is 25.8 Å². The Kier molecular flexibility index (Phi) is 10.4. The van der Waals surface area contributed by atoms with Crippen LogP contribution in [0.3, 0.4) is 0 Å². The van der Waals surface area contributed by atoms with E-state index in [1.807, 2.05) is 25.1 Å². The normalized spacial score (nSPS) is 16.2. The highest BCUT2D eigenvalue weighted by molar-refractivity contribution is 7.14. The molecule has 10 nitrogen and oxygen atoms in total. The number of ether oxygens (including phenoxy) is 3. The van der Waals surface area contributed by atoms with Crippen LogP contribution in [0.5, 0.6) is 16.7 Å². The van der Waals surface area contributed by atoms with Crippen LogP contribution in [0.2, 0.25) is 5.02 Å². The number of hydrogen-bond donors (Lipinski definition) is 2. The molecule has 3 heterocycles. The summed E-state index contributed by atoms with van der Waals surface area (Å²) in [6, 6.07) is 8.18. The first-order chi connectivity index (χ1) is 20.4. The van der Waals surface area contributed by atoms with Gasteiger partial charge in [0.25, 0.3) is 17.0 Å². The summed E-state index contributed by atoms with van der Waals surface area (Å²) in [6.45, 7) is 6.94. The van der Waals surface area contributed by atoms with Crippen molar-refractivity contribution in [1.29, 1.82) is 0 Å². The number of rotatable bonds is 13. The standard InChI is InChI=1S/C30H34ClN5O5S/c1-20(35-28(37)22-8-9-32-26(16-22)29(38)33-10-11-36-12-14-39-15-13-36)2-6-24-18-34-30(42-24)41-27-7-5-23(17-25(27)31)40-19-21-3-4-21/h2,5-9,16-18,20-21H,3-4,10-15,19H2,1H3,(H,33,38)(H,35,37)/t20-/m0/s1. The SMILES string of the molecule is C[C@@H](C=Cc1cnc(Oc2ccc(OCC3CC3)cc2Cl)s1)NC(=O)c1ccnc(C(=O)NCCN2CCOCC2)c1. The molecule has 1 atom stereocenters. The lowest BCUT2D eigenvalue weighted by atomic mass is 10.2. The Morgan fingerprint density at radius 1 is 1.19 bits per heavy atom. The quantitative estimate of drug-likeness (QED) is 0.287. The van der Waals surface area contributed by atoms with E-state index in [9.17, 15) is 9.59 Å². The molecule has 2 N–H and O–H groups in total. The molecule has 1 aliphatic heterocycles. The molecule has 12 heteroatoms. The Hall–Kier alpha value is -3.51. The smallest absolute Gasteiger partial charge is 0.279 e. The fourth-order valence-electron chi connectivity index (χ4n) is 4.16. The van der Waals surface area contributed by atoms with Crippen LogP contribution in [0.25, 0.3) is 6.08 Å². The predicted octanol–water partition coefficient (Wildman–Crippen LogP) is 4.67. The minimum Gasteiger partial charge on any atom is -0.493 e. The number of hydrogen-bond acceptors (Lipinski definition) is 9. The van der Waals surface area contributed by atoms with Gasteiger partial charge in [-0.15, -0.1) is 0 Å².